The van der Waals surface area contributed by atoms with Gasteiger partial charge in [-0.2, -0.15) is 0 Å². The van der Waals surface area contributed by atoms with Crippen molar-refractivity contribution in [1.29, 1.82) is 0 Å². The van der Waals surface area contributed by atoms with Crippen LogP contribution in [-0.4, -0.2) is 45.1 Å². The van der Waals surface area contributed by atoms with Gasteiger partial charge in [0.1, 0.15) is 0 Å². The molecule has 2 N–H and O–H groups in total. The number of alkyl halides is 1. The molecule has 0 aromatic carbocycles. The van der Waals surface area contributed by atoms with Gasteiger partial charge in [-0.15, -0.1) is 0 Å². The molecule has 0 aliphatic carbocycles. The lowest BCUT2D eigenvalue weighted by Crippen LogP contribution is -2.30. The van der Waals surface area contributed by atoms with Crippen LogP contribution in [0.3, 0.4) is 0 Å². The van der Waals surface area contributed by atoms with Crippen molar-refractivity contribution in [3.63, 3.8) is 0 Å². The lowest BCUT2D eigenvalue weighted by Gasteiger charge is -2.25. The summed E-state index contributed by atoms with van der Waals surface area (Å²) in [4.78, 5) is 10.6. The van der Waals surface area contributed by atoms with Gasteiger partial charge in [0.15, 0.2) is 6.17 Å². The Kier molecular flexibility index (Phi) is 6.74. The number of amides is 1. The minimum atomic E-state index is -3.56. The van der Waals surface area contributed by atoms with Gasteiger partial charge in [0.05, 0.1) is 12.8 Å². The molecule has 0 spiro atoms. The van der Waals surface area contributed by atoms with Crippen molar-refractivity contribution < 1.29 is 27.7 Å². The number of carbonyl (C=O) groups is 1. The monoisotopic (exact) mass is 257 g/mol. The minimum Gasteiger partial charge on any atom is -0.367 e. The summed E-state index contributed by atoms with van der Waals surface area (Å²) in [6, 6.07) is -1.20. The zero-order valence-corrected chi connectivity index (χ0v) is 10.4. The molecule has 16 heavy (non-hydrogen) atoms. The van der Waals surface area contributed by atoms with Crippen molar-refractivity contribution >= 4 is 13.3 Å². The van der Waals surface area contributed by atoms with Crippen molar-refractivity contribution in [3.05, 3.63) is 0 Å². The minimum absolute atomic E-state index is 0.0893. The highest BCUT2D eigenvalue weighted by Gasteiger charge is 2.39. The summed E-state index contributed by atoms with van der Waals surface area (Å²) >= 11 is 0. The van der Waals surface area contributed by atoms with E-state index in [-0.39, 0.29) is 6.61 Å². The van der Waals surface area contributed by atoms with E-state index in [2.05, 4.69) is 0 Å². The summed E-state index contributed by atoms with van der Waals surface area (Å²) in [6.45, 7) is 1.68. The maximum Gasteiger partial charge on any atom is 0.261 e. The molecule has 0 fully saturated rings. The van der Waals surface area contributed by atoms with Gasteiger partial charge in [-0.25, -0.2) is 4.39 Å². The smallest absolute Gasteiger partial charge is 0.261 e. The second kappa shape index (κ2) is 6.96. The second-order valence-electron chi connectivity index (χ2n) is 2.97. The third-order valence-electron chi connectivity index (χ3n) is 1.80. The highest BCUT2D eigenvalue weighted by molar-refractivity contribution is 7.59. The zero-order chi connectivity index (χ0) is 12.8. The fraction of sp³-hybridized carbons (Fsp3) is 0.875. The Bertz CT molecular complexity index is 271. The van der Waals surface area contributed by atoms with Gasteiger partial charge in [-0.1, -0.05) is 0 Å². The normalized spacial score (nSPS) is 17.1. The van der Waals surface area contributed by atoms with E-state index in [0.29, 0.717) is 0 Å². The van der Waals surface area contributed by atoms with Crippen molar-refractivity contribution in [2.75, 3.05) is 27.0 Å². The van der Waals surface area contributed by atoms with E-state index in [1.807, 2.05) is 0 Å². The van der Waals surface area contributed by atoms with Gasteiger partial charge < -0.3 is 19.7 Å². The van der Waals surface area contributed by atoms with Crippen molar-refractivity contribution in [2.45, 2.75) is 19.1 Å². The van der Waals surface area contributed by atoms with E-state index < -0.39 is 31.6 Å². The first-order valence-electron chi connectivity index (χ1n) is 4.63. The fourth-order valence-corrected chi connectivity index (χ4v) is 3.25. The van der Waals surface area contributed by atoms with Crippen molar-refractivity contribution in [2.24, 2.45) is 5.73 Å². The van der Waals surface area contributed by atoms with Crippen molar-refractivity contribution in [3.8, 4) is 0 Å². The Hall–Kier alpha value is -0.490. The first kappa shape index (κ1) is 15.5. The second-order valence-corrected chi connectivity index (χ2v) is 5.47. The number of halogens is 1. The third-order valence-corrected chi connectivity index (χ3v) is 4.38. The summed E-state index contributed by atoms with van der Waals surface area (Å²) in [5, 5.41) is 0. The van der Waals surface area contributed by atoms with Crippen LogP contribution in [0.2, 0.25) is 0 Å². The molecule has 0 radical (unpaired) electrons. The summed E-state index contributed by atoms with van der Waals surface area (Å²) in [5.41, 5.74) is 4.75. The van der Waals surface area contributed by atoms with E-state index in [1.165, 1.54) is 14.2 Å². The molecule has 0 aliphatic heterocycles. The molecule has 96 valence electrons. The topological polar surface area (TPSA) is 87.9 Å². The van der Waals surface area contributed by atoms with E-state index in [1.54, 1.807) is 6.92 Å². The van der Waals surface area contributed by atoms with Crippen LogP contribution in [0.25, 0.3) is 0 Å². The Labute approximate surface area is 93.7 Å². The highest BCUT2D eigenvalue weighted by Crippen LogP contribution is 2.53. The molecule has 0 saturated heterocycles. The third kappa shape index (κ3) is 4.17. The van der Waals surface area contributed by atoms with Gasteiger partial charge in [0.2, 0.25) is 6.03 Å². The van der Waals surface area contributed by atoms with Gasteiger partial charge in [-0.05, 0) is 6.92 Å². The van der Waals surface area contributed by atoms with Gasteiger partial charge in [0, 0.05) is 14.2 Å². The molecule has 1 amide bonds. The molecule has 0 aromatic rings. The van der Waals surface area contributed by atoms with Gasteiger partial charge in [0.25, 0.3) is 13.3 Å². The molecule has 0 aromatic heterocycles. The molecular weight excluding hydrogens is 240 g/mol. The van der Waals surface area contributed by atoms with Gasteiger partial charge in [-0.3, -0.25) is 9.36 Å². The molecule has 2 atom stereocenters. The van der Waals surface area contributed by atoms with E-state index in [0.717, 1.165) is 0 Å². The van der Waals surface area contributed by atoms with Gasteiger partial charge >= 0.3 is 0 Å². The quantitative estimate of drug-likeness (QED) is 0.511. The number of hydrogen-bond acceptors (Lipinski definition) is 5. The molecular formula is C8H17FNO5P. The maximum absolute atomic E-state index is 13.1. The predicted octanol–water partition coefficient (Wildman–Crippen LogP) is 0.701. The van der Waals surface area contributed by atoms with Crippen LogP contribution in [0.15, 0.2) is 0 Å². The van der Waals surface area contributed by atoms with Crippen LogP contribution in [0.1, 0.15) is 6.92 Å². The summed E-state index contributed by atoms with van der Waals surface area (Å²) in [5.74, 6) is -1.19. The highest BCUT2D eigenvalue weighted by atomic mass is 31.2. The number of nitrogens with two attached hydrogens (primary N) is 1. The molecule has 0 bridgehead atoms. The Morgan fingerprint density at radius 3 is 2.25 bits per heavy atom. The summed E-state index contributed by atoms with van der Waals surface area (Å²) in [6.07, 6.45) is -2.70. The van der Waals surface area contributed by atoms with Crippen LogP contribution >= 0.6 is 7.37 Å². The summed E-state index contributed by atoms with van der Waals surface area (Å²) in [7, 11) is -1.07. The average Bonchev–Trinajstić information content (AvgIpc) is 2.19. The fourth-order valence-electron chi connectivity index (χ4n) is 1.15. The molecule has 2 unspecified atom stereocenters. The molecule has 0 saturated carbocycles. The van der Waals surface area contributed by atoms with Crippen LogP contribution < -0.4 is 5.73 Å². The molecule has 8 heteroatoms. The van der Waals surface area contributed by atoms with Crippen LogP contribution in [-0.2, 0) is 23.4 Å². The number of ether oxygens (including phenoxy) is 2. The van der Waals surface area contributed by atoms with E-state index in [4.69, 9.17) is 19.7 Å². The zero-order valence-electron chi connectivity index (χ0n) is 9.51. The molecule has 0 aliphatic rings. The summed E-state index contributed by atoms with van der Waals surface area (Å²) < 4.78 is 39.8. The van der Waals surface area contributed by atoms with Crippen LogP contribution in [0, 0.1) is 0 Å². The lowest BCUT2D eigenvalue weighted by atomic mass is 10.4. The number of rotatable bonds is 8. The lowest BCUT2D eigenvalue weighted by molar-refractivity contribution is -0.122. The number of methoxy groups -OCH3 is 2. The van der Waals surface area contributed by atoms with E-state index in [9.17, 15) is 13.8 Å². The Balaban J connectivity index is 4.81. The maximum atomic E-state index is 13.1. The molecule has 0 rings (SSSR count). The van der Waals surface area contributed by atoms with Crippen molar-refractivity contribution in [1.82, 2.24) is 0 Å². The molecule has 0 heterocycles. The van der Waals surface area contributed by atoms with Crippen LogP contribution in [0.4, 0.5) is 4.39 Å². The molecule has 6 nitrogen and oxygen atoms in total. The number of carbonyl (C=O) groups excluding carboxylic acids is 1. The Morgan fingerprint density at radius 2 is 1.94 bits per heavy atom. The SMILES string of the molecule is CCOP(=O)(CC(F)C(N)=O)C(OC)OC. The first-order valence-corrected chi connectivity index (χ1v) is 6.51. The largest absolute Gasteiger partial charge is 0.367 e. The first-order chi connectivity index (χ1) is 7.41. The Morgan fingerprint density at radius 1 is 1.44 bits per heavy atom. The number of primary amides is 1. The van der Waals surface area contributed by atoms with E-state index >= 15 is 0 Å². The predicted molar refractivity (Wildman–Crippen MR) is 56.0 cm³/mol. The number of hydrogen-bond donors (Lipinski definition) is 1. The standard InChI is InChI=1S/C8H17FNO5P/c1-4-15-16(12,8(13-2)14-3)5-6(9)7(10)11/h6,8H,4-5H2,1-3H3,(H2,10,11). The van der Waals surface area contributed by atoms with Crippen LogP contribution in [0.5, 0.6) is 0 Å². The average molecular weight is 257 g/mol.